The highest BCUT2D eigenvalue weighted by molar-refractivity contribution is 6.08. The molecule has 0 fully saturated rings. The van der Waals surface area contributed by atoms with Crippen molar-refractivity contribution in [3.8, 4) is 17.2 Å². The molecule has 152 valence electrons. The summed E-state index contributed by atoms with van der Waals surface area (Å²) in [5, 5.41) is 5.30. The van der Waals surface area contributed by atoms with Crippen molar-refractivity contribution in [1.29, 1.82) is 0 Å². The van der Waals surface area contributed by atoms with Crippen LogP contribution in [0.5, 0.6) is 17.2 Å². The summed E-state index contributed by atoms with van der Waals surface area (Å²) in [6.07, 6.45) is 3.20. The molecule has 29 heavy (non-hydrogen) atoms. The zero-order chi connectivity index (χ0) is 21.2. The van der Waals surface area contributed by atoms with Crippen LogP contribution in [0.15, 0.2) is 60.8 Å². The minimum atomic E-state index is -0.463. The summed E-state index contributed by atoms with van der Waals surface area (Å²) in [5.74, 6) is 0.911. The molecule has 2 amide bonds. The Balaban J connectivity index is 2.22. The van der Waals surface area contributed by atoms with Gasteiger partial charge in [-0.1, -0.05) is 18.7 Å². The molecule has 0 aromatic heterocycles. The summed E-state index contributed by atoms with van der Waals surface area (Å²) in [6, 6.07) is 12.1. The van der Waals surface area contributed by atoms with Crippen LogP contribution in [-0.2, 0) is 9.59 Å². The molecule has 7 nitrogen and oxygen atoms in total. The first-order chi connectivity index (χ1) is 14.0. The van der Waals surface area contributed by atoms with E-state index in [9.17, 15) is 9.59 Å². The van der Waals surface area contributed by atoms with Crippen LogP contribution in [0.25, 0.3) is 6.08 Å². The minimum absolute atomic E-state index is 0.0942. The van der Waals surface area contributed by atoms with E-state index in [1.165, 1.54) is 21.1 Å². The van der Waals surface area contributed by atoms with Gasteiger partial charge in [0.15, 0.2) is 11.5 Å². The number of ether oxygens (including phenoxy) is 3. The Morgan fingerprint density at radius 1 is 1.03 bits per heavy atom. The second kappa shape index (κ2) is 10.6. The van der Waals surface area contributed by atoms with Crippen molar-refractivity contribution in [3.05, 3.63) is 66.4 Å². The molecule has 2 aromatic rings. The Kier molecular flexibility index (Phi) is 7.85. The molecular weight excluding hydrogens is 372 g/mol. The van der Waals surface area contributed by atoms with Gasteiger partial charge in [-0.2, -0.15) is 0 Å². The molecule has 0 saturated heterocycles. The average molecular weight is 396 g/mol. The Hall–Kier alpha value is -3.74. The Labute approximate surface area is 170 Å². The van der Waals surface area contributed by atoms with Crippen LogP contribution >= 0.6 is 0 Å². The van der Waals surface area contributed by atoms with E-state index in [4.69, 9.17) is 14.2 Å². The Morgan fingerprint density at radius 3 is 2.31 bits per heavy atom. The van der Waals surface area contributed by atoms with Crippen LogP contribution in [0, 0.1) is 0 Å². The lowest BCUT2D eigenvalue weighted by Gasteiger charge is -2.12. The van der Waals surface area contributed by atoms with Gasteiger partial charge in [0, 0.05) is 12.6 Å². The van der Waals surface area contributed by atoms with Crippen molar-refractivity contribution >= 4 is 23.6 Å². The number of anilines is 1. The summed E-state index contributed by atoms with van der Waals surface area (Å²) >= 11 is 0. The van der Waals surface area contributed by atoms with Crippen LogP contribution in [0.1, 0.15) is 12.5 Å². The van der Waals surface area contributed by atoms with Crippen molar-refractivity contribution in [3.63, 3.8) is 0 Å². The van der Waals surface area contributed by atoms with Gasteiger partial charge in [-0.15, -0.1) is 0 Å². The maximum atomic E-state index is 12.7. The maximum absolute atomic E-state index is 12.7. The summed E-state index contributed by atoms with van der Waals surface area (Å²) in [6.45, 7) is 5.32. The predicted octanol–water partition coefficient (Wildman–Crippen LogP) is 3.38. The molecule has 0 heterocycles. The van der Waals surface area contributed by atoms with Crippen molar-refractivity contribution in [2.24, 2.45) is 0 Å². The fraction of sp³-hybridized carbons (Fsp3) is 0.182. The lowest BCUT2D eigenvalue weighted by atomic mass is 10.1. The van der Waals surface area contributed by atoms with E-state index in [0.717, 1.165) is 0 Å². The molecule has 0 saturated carbocycles. The van der Waals surface area contributed by atoms with Crippen LogP contribution in [0.3, 0.4) is 0 Å². The third-order valence-corrected chi connectivity index (χ3v) is 3.75. The van der Waals surface area contributed by atoms with E-state index in [0.29, 0.717) is 35.1 Å². The average Bonchev–Trinajstić information content (AvgIpc) is 2.72. The van der Waals surface area contributed by atoms with Crippen LogP contribution in [0.4, 0.5) is 5.69 Å². The molecule has 0 unspecified atom stereocenters. The Bertz CT molecular complexity index is 904. The first-order valence-corrected chi connectivity index (χ1v) is 8.83. The normalized spacial score (nSPS) is 10.7. The highest BCUT2D eigenvalue weighted by Crippen LogP contribution is 2.28. The topological polar surface area (TPSA) is 85.9 Å². The third-order valence-electron chi connectivity index (χ3n) is 3.75. The van der Waals surface area contributed by atoms with Gasteiger partial charge in [0.2, 0.25) is 5.91 Å². The minimum Gasteiger partial charge on any atom is -0.493 e. The zero-order valence-corrected chi connectivity index (χ0v) is 16.7. The molecule has 0 spiro atoms. The van der Waals surface area contributed by atoms with Gasteiger partial charge < -0.3 is 24.8 Å². The van der Waals surface area contributed by atoms with Gasteiger partial charge in [0.25, 0.3) is 5.91 Å². The first-order valence-electron chi connectivity index (χ1n) is 8.83. The number of carbonyl (C=O) groups excluding carboxylic acids is 2. The molecule has 0 aliphatic heterocycles. The highest BCUT2D eigenvalue weighted by Gasteiger charge is 2.13. The van der Waals surface area contributed by atoms with Crippen molar-refractivity contribution < 1.29 is 23.8 Å². The fourth-order valence-corrected chi connectivity index (χ4v) is 2.45. The standard InChI is InChI=1S/C22H24N2O5/c1-5-12-29-18-9-7-17(8-10-18)24-22(26)19(23-15(2)25)13-16-6-11-20(27-3)21(14-16)28-4/h5-11,13-14H,1,12H2,2-4H3,(H,23,25)(H,24,26). The second-order valence-electron chi connectivity index (χ2n) is 5.93. The van der Waals surface area contributed by atoms with Crippen molar-refractivity contribution in [2.45, 2.75) is 6.92 Å². The molecule has 0 aliphatic carbocycles. The Morgan fingerprint density at radius 2 is 1.72 bits per heavy atom. The second-order valence-corrected chi connectivity index (χ2v) is 5.93. The van der Waals surface area contributed by atoms with E-state index in [1.54, 1.807) is 54.6 Å². The molecule has 7 heteroatoms. The third kappa shape index (κ3) is 6.42. The number of hydrogen-bond acceptors (Lipinski definition) is 5. The lowest BCUT2D eigenvalue weighted by Crippen LogP contribution is -2.28. The van der Waals surface area contributed by atoms with Gasteiger partial charge in [-0.05, 0) is 48.0 Å². The highest BCUT2D eigenvalue weighted by atomic mass is 16.5. The van der Waals surface area contributed by atoms with Gasteiger partial charge in [0.05, 0.1) is 14.2 Å². The van der Waals surface area contributed by atoms with E-state index in [1.807, 2.05) is 0 Å². The first kappa shape index (κ1) is 21.6. The molecular formula is C22H24N2O5. The molecule has 0 bridgehead atoms. The fourth-order valence-electron chi connectivity index (χ4n) is 2.45. The number of benzene rings is 2. The molecule has 2 rings (SSSR count). The monoisotopic (exact) mass is 396 g/mol. The number of hydrogen-bond donors (Lipinski definition) is 2. The maximum Gasteiger partial charge on any atom is 0.272 e. The molecule has 0 aliphatic rings. The van der Waals surface area contributed by atoms with E-state index in [-0.39, 0.29) is 11.6 Å². The SMILES string of the molecule is C=CCOc1ccc(NC(=O)C(=Cc2ccc(OC)c(OC)c2)NC(C)=O)cc1. The van der Waals surface area contributed by atoms with E-state index >= 15 is 0 Å². The molecule has 2 N–H and O–H groups in total. The van der Waals surface area contributed by atoms with E-state index < -0.39 is 5.91 Å². The van der Waals surface area contributed by atoms with Crippen molar-refractivity contribution in [1.82, 2.24) is 5.32 Å². The van der Waals surface area contributed by atoms with Crippen LogP contribution in [-0.4, -0.2) is 32.6 Å². The largest absolute Gasteiger partial charge is 0.493 e. The molecule has 0 atom stereocenters. The summed E-state index contributed by atoms with van der Waals surface area (Å²) in [4.78, 5) is 24.3. The lowest BCUT2D eigenvalue weighted by molar-refractivity contribution is -0.120. The quantitative estimate of drug-likeness (QED) is 0.501. The smallest absolute Gasteiger partial charge is 0.272 e. The molecule has 0 radical (unpaired) electrons. The number of nitrogens with one attached hydrogen (secondary N) is 2. The zero-order valence-electron chi connectivity index (χ0n) is 16.7. The summed E-state index contributed by atoms with van der Waals surface area (Å²) in [5.41, 5.74) is 1.32. The number of methoxy groups -OCH3 is 2. The van der Waals surface area contributed by atoms with Gasteiger partial charge >= 0.3 is 0 Å². The van der Waals surface area contributed by atoms with Crippen molar-refractivity contribution in [2.75, 3.05) is 26.1 Å². The van der Waals surface area contributed by atoms with E-state index in [2.05, 4.69) is 17.2 Å². The van der Waals surface area contributed by atoms with Gasteiger partial charge in [-0.25, -0.2) is 0 Å². The van der Waals surface area contributed by atoms with Gasteiger partial charge in [-0.3, -0.25) is 9.59 Å². The number of amides is 2. The summed E-state index contributed by atoms with van der Waals surface area (Å²) in [7, 11) is 3.06. The van der Waals surface area contributed by atoms with Crippen LogP contribution in [0.2, 0.25) is 0 Å². The molecule has 2 aromatic carbocycles. The number of carbonyl (C=O) groups is 2. The van der Waals surface area contributed by atoms with Gasteiger partial charge in [0.1, 0.15) is 18.1 Å². The summed E-state index contributed by atoms with van der Waals surface area (Å²) < 4.78 is 15.9. The predicted molar refractivity (Wildman–Crippen MR) is 112 cm³/mol. The van der Waals surface area contributed by atoms with Crippen LogP contribution < -0.4 is 24.8 Å². The number of rotatable bonds is 9.